The van der Waals surface area contributed by atoms with Gasteiger partial charge in [-0.1, -0.05) is 25.1 Å². The summed E-state index contributed by atoms with van der Waals surface area (Å²) in [6, 6.07) is 8.10. The molecule has 2 rings (SSSR count). The average molecular weight is 216 g/mol. The van der Waals surface area contributed by atoms with Gasteiger partial charge in [-0.05, 0) is 24.5 Å². The molecule has 2 aromatic rings. The summed E-state index contributed by atoms with van der Waals surface area (Å²) >= 11 is 0. The lowest BCUT2D eigenvalue weighted by molar-refractivity contribution is -0.121. The quantitative estimate of drug-likeness (QED) is 0.808. The molecule has 3 nitrogen and oxygen atoms in total. The van der Waals surface area contributed by atoms with Gasteiger partial charge in [0.25, 0.3) is 0 Å². The highest BCUT2D eigenvalue weighted by atomic mass is 16.1. The summed E-state index contributed by atoms with van der Waals surface area (Å²) in [4.78, 5) is 14.4. The van der Waals surface area contributed by atoms with E-state index in [1.807, 2.05) is 31.3 Å². The molecule has 0 bridgehead atoms. The maximum absolute atomic E-state index is 11.2. The summed E-state index contributed by atoms with van der Waals surface area (Å²) in [7, 11) is 0. The molecule has 1 heterocycles. The van der Waals surface area contributed by atoms with Crippen molar-refractivity contribution in [2.45, 2.75) is 19.8 Å². The Balaban J connectivity index is 2.30. The van der Waals surface area contributed by atoms with Gasteiger partial charge in [0.05, 0.1) is 0 Å². The molecule has 1 aromatic heterocycles. The van der Waals surface area contributed by atoms with E-state index in [0.717, 1.165) is 18.4 Å². The van der Waals surface area contributed by atoms with E-state index in [9.17, 15) is 4.79 Å². The second-order valence-corrected chi connectivity index (χ2v) is 4.07. The van der Waals surface area contributed by atoms with Crippen LogP contribution in [0.4, 0.5) is 0 Å². The second-order valence-electron chi connectivity index (χ2n) is 4.07. The van der Waals surface area contributed by atoms with Crippen LogP contribution in [0.25, 0.3) is 10.9 Å². The minimum absolute atomic E-state index is 0.0702. The normalized spacial score (nSPS) is 12.8. The van der Waals surface area contributed by atoms with Gasteiger partial charge in [0.15, 0.2) is 0 Å². The topological polar surface area (TPSA) is 58.9 Å². The van der Waals surface area contributed by atoms with E-state index in [4.69, 9.17) is 5.73 Å². The van der Waals surface area contributed by atoms with Gasteiger partial charge in [0.1, 0.15) is 0 Å². The Morgan fingerprint density at radius 3 is 2.88 bits per heavy atom. The van der Waals surface area contributed by atoms with Crippen LogP contribution < -0.4 is 5.73 Å². The number of nitrogens with two attached hydrogens (primary N) is 1. The zero-order valence-corrected chi connectivity index (χ0v) is 9.36. The number of carbonyl (C=O) groups is 1. The molecule has 0 aliphatic rings. The molecule has 84 valence electrons. The second kappa shape index (κ2) is 4.39. The van der Waals surface area contributed by atoms with E-state index in [1.54, 1.807) is 0 Å². The molecule has 16 heavy (non-hydrogen) atoms. The Morgan fingerprint density at radius 2 is 2.19 bits per heavy atom. The minimum atomic E-state index is -0.215. The number of benzene rings is 1. The van der Waals surface area contributed by atoms with Crippen molar-refractivity contribution in [3.8, 4) is 0 Å². The SMILES string of the molecule is CC[C@@H](Cc1c[nH]c2ccccc12)C(N)=O. The van der Waals surface area contributed by atoms with Gasteiger partial charge in [0, 0.05) is 23.0 Å². The first-order chi connectivity index (χ1) is 7.72. The summed E-state index contributed by atoms with van der Waals surface area (Å²) in [5.41, 5.74) is 7.63. The fourth-order valence-electron chi connectivity index (χ4n) is 2.01. The zero-order valence-electron chi connectivity index (χ0n) is 9.36. The first-order valence-electron chi connectivity index (χ1n) is 5.56. The molecule has 0 radical (unpaired) electrons. The van der Waals surface area contributed by atoms with Gasteiger partial charge in [-0.15, -0.1) is 0 Å². The van der Waals surface area contributed by atoms with Crippen LogP contribution in [0.1, 0.15) is 18.9 Å². The molecule has 0 spiro atoms. The van der Waals surface area contributed by atoms with Gasteiger partial charge in [0.2, 0.25) is 5.91 Å². The number of H-pyrrole nitrogens is 1. The van der Waals surface area contributed by atoms with Crippen LogP contribution in [0.5, 0.6) is 0 Å². The van der Waals surface area contributed by atoms with Crippen molar-refractivity contribution in [2.24, 2.45) is 11.7 Å². The maximum atomic E-state index is 11.2. The molecule has 3 heteroatoms. The molecule has 0 saturated heterocycles. The summed E-state index contributed by atoms with van der Waals surface area (Å²) < 4.78 is 0. The molecule has 0 aliphatic carbocycles. The Labute approximate surface area is 94.6 Å². The Hall–Kier alpha value is -1.77. The largest absolute Gasteiger partial charge is 0.369 e. The number of para-hydroxylation sites is 1. The van der Waals surface area contributed by atoms with E-state index in [0.29, 0.717) is 0 Å². The zero-order chi connectivity index (χ0) is 11.5. The van der Waals surface area contributed by atoms with Crippen molar-refractivity contribution in [3.05, 3.63) is 36.0 Å². The van der Waals surface area contributed by atoms with E-state index < -0.39 is 0 Å². The average Bonchev–Trinajstić information content (AvgIpc) is 2.69. The van der Waals surface area contributed by atoms with Crippen molar-refractivity contribution in [1.29, 1.82) is 0 Å². The molecule has 0 aliphatic heterocycles. The van der Waals surface area contributed by atoms with Crippen molar-refractivity contribution in [3.63, 3.8) is 0 Å². The number of aromatic nitrogens is 1. The highest BCUT2D eigenvalue weighted by molar-refractivity contribution is 5.84. The highest BCUT2D eigenvalue weighted by Crippen LogP contribution is 2.21. The van der Waals surface area contributed by atoms with E-state index in [-0.39, 0.29) is 11.8 Å². The molecular formula is C13H16N2O. The van der Waals surface area contributed by atoms with Gasteiger partial charge in [-0.2, -0.15) is 0 Å². The third-order valence-electron chi connectivity index (χ3n) is 3.04. The van der Waals surface area contributed by atoms with Gasteiger partial charge < -0.3 is 10.7 Å². The van der Waals surface area contributed by atoms with Gasteiger partial charge in [-0.25, -0.2) is 0 Å². The van der Waals surface area contributed by atoms with Crippen LogP contribution in [0.15, 0.2) is 30.5 Å². The number of hydrogen-bond acceptors (Lipinski definition) is 1. The summed E-state index contributed by atoms with van der Waals surface area (Å²) in [5, 5.41) is 1.18. The Kier molecular flexibility index (Phi) is 2.95. The number of fused-ring (bicyclic) bond motifs is 1. The number of nitrogens with one attached hydrogen (secondary N) is 1. The molecular weight excluding hydrogens is 200 g/mol. The molecule has 0 saturated carbocycles. The number of carbonyl (C=O) groups excluding carboxylic acids is 1. The molecule has 3 N–H and O–H groups in total. The summed E-state index contributed by atoms with van der Waals surface area (Å²) in [5.74, 6) is -0.285. The standard InChI is InChI=1S/C13H16N2O/c1-2-9(13(14)16)7-10-8-15-12-6-4-3-5-11(10)12/h3-6,8-9,15H,2,7H2,1H3,(H2,14,16)/t9-/m0/s1. The number of amides is 1. The summed E-state index contributed by atoms with van der Waals surface area (Å²) in [6.07, 6.45) is 3.47. The number of hydrogen-bond donors (Lipinski definition) is 2. The van der Waals surface area contributed by atoms with Crippen LogP contribution in [0.2, 0.25) is 0 Å². The molecule has 0 unspecified atom stereocenters. The molecule has 1 aromatic carbocycles. The molecule has 1 atom stereocenters. The van der Waals surface area contributed by atoms with E-state index in [1.165, 1.54) is 10.9 Å². The first-order valence-corrected chi connectivity index (χ1v) is 5.56. The lowest BCUT2D eigenvalue weighted by Gasteiger charge is -2.09. The van der Waals surface area contributed by atoms with Crippen LogP contribution in [0, 0.1) is 5.92 Å². The third kappa shape index (κ3) is 1.94. The van der Waals surface area contributed by atoms with E-state index >= 15 is 0 Å². The van der Waals surface area contributed by atoms with Crippen LogP contribution in [-0.4, -0.2) is 10.9 Å². The smallest absolute Gasteiger partial charge is 0.220 e. The van der Waals surface area contributed by atoms with Gasteiger partial charge in [-0.3, -0.25) is 4.79 Å². The van der Waals surface area contributed by atoms with Crippen molar-refractivity contribution in [2.75, 3.05) is 0 Å². The number of aromatic amines is 1. The van der Waals surface area contributed by atoms with Gasteiger partial charge >= 0.3 is 0 Å². The monoisotopic (exact) mass is 216 g/mol. The van der Waals surface area contributed by atoms with Crippen LogP contribution in [-0.2, 0) is 11.2 Å². The van der Waals surface area contributed by atoms with Crippen LogP contribution in [0.3, 0.4) is 0 Å². The minimum Gasteiger partial charge on any atom is -0.369 e. The Morgan fingerprint density at radius 1 is 1.44 bits per heavy atom. The number of primary amides is 1. The lowest BCUT2D eigenvalue weighted by atomic mass is 9.96. The maximum Gasteiger partial charge on any atom is 0.220 e. The lowest BCUT2D eigenvalue weighted by Crippen LogP contribution is -2.24. The third-order valence-corrected chi connectivity index (χ3v) is 3.04. The predicted molar refractivity (Wildman–Crippen MR) is 65.0 cm³/mol. The molecule has 0 fully saturated rings. The van der Waals surface area contributed by atoms with Crippen LogP contribution >= 0.6 is 0 Å². The van der Waals surface area contributed by atoms with Crippen molar-refractivity contribution < 1.29 is 4.79 Å². The highest BCUT2D eigenvalue weighted by Gasteiger charge is 2.15. The first kappa shape index (κ1) is 10.7. The number of rotatable bonds is 4. The van der Waals surface area contributed by atoms with E-state index in [2.05, 4.69) is 11.1 Å². The fourth-order valence-corrected chi connectivity index (χ4v) is 2.01. The Bertz CT molecular complexity index is 501. The fraction of sp³-hybridized carbons (Fsp3) is 0.308. The van der Waals surface area contributed by atoms with Crippen molar-refractivity contribution >= 4 is 16.8 Å². The summed E-state index contributed by atoms with van der Waals surface area (Å²) in [6.45, 7) is 1.99. The predicted octanol–water partition coefficient (Wildman–Crippen LogP) is 2.22. The molecule has 1 amide bonds. The van der Waals surface area contributed by atoms with Crippen molar-refractivity contribution in [1.82, 2.24) is 4.98 Å².